The molecule has 1 amide bonds. The molecule has 2 N–H and O–H groups in total. The molecular formula is C13H14ClNO3. The molecule has 0 spiro atoms. The Balaban J connectivity index is 2.04. The quantitative estimate of drug-likeness (QED) is 0.856. The van der Waals surface area contributed by atoms with Crippen LogP contribution in [-0.4, -0.2) is 23.0 Å². The van der Waals surface area contributed by atoms with Crippen molar-refractivity contribution < 1.29 is 14.7 Å². The van der Waals surface area contributed by atoms with Crippen molar-refractivity contribution >= 4 is 23.5 Å². The van der Waals surface area contributed by atoms with Crippen molar-refractivity contribution in [2.75, 3.05) is 0 Å². The van der Waals surface area contributed by atoms with E-state index >= 15 is 0 Å². The van der Waals surface area contributed by atoms with Crippen molar-refractivity contribution in [1.29, 1.82) is 0 Å². The molecule has 1 aromatic carbocycles. The lowest BCUT2D eigenvalue weighted by Gasteiger charge is -2.15. The first-order valence-electron chi connectivity index (χ1n) is 5.84. The summed E-state index contributed by atoms with van der Waals surface area (Å²) >= 11 is 5.98. The third kappa shape index (κ3) is 3.23. The minimum atomic E-state index is -1.04. The molecule has 0 radical (unpaired) electrons. The second-order valence-corrected chi connectivity index (χ2v) is 4.88. The van der Waals surface area contributed by atoms with Gasteiger partial charge in [-0.15, -0.1) is 0 Å². The summed E-state index contributed by atoms with van der Waals surface area (Å²) in [5.74, 6) is -1.21. The lowest BCUT2D eigenvalue weighted by molar-refractivity contribution is -0.142. The van der Waals surface area contributed by atoms with E-state index in [-0.39, 0.29) is 18.2 Å². The topological polar surface area (TPSA) is 66.4 Å². The fraction of sp³-hybridized carbons (Fsp3) is 0.385. The van der Waals surface area contributed by atoms with Gasteiger partial charge in [-0.3, -0.25) is 4.79 Å². The largest absolute Gasteiger partial charge is 0.480 e. The van der Waals surface area contributed by atoms with Crippen molar-refractivity contribution in [3.63, 3.8) is 0 Å². The lowest BCUT2D eigenvalue weighted by atomic mass is 10.1. The number of carboxylic acid groups (broad SMARTS) is 1. The van der Waals surface area contributed by atoms with E-state index in [0.29, 0.717) is 5.02 Å². The van der Waals surface area contributed by atoms with Gasteiger partial charge in [0, 0.05) is 17.4 Å². The van der Waals surface area contributed by atoms with Gasteiger partial charge in [-0.2, -0.15) is 0 Å². The fourth-order valence-corrected chi connectivity index (χ4v) is 1.93. The van der Waals surface area contributed by atoms with E-state index in [1.54, 1.807) is 24.3 Å². The third-order valence-electron chi connectivity index (χ3n) is 2.94. The molecular weight excluding hydrogens is 254 g/mol. The summed E-state index contributed by atoms with van der Waals surface area (Å²) in [6.07, 6.45) is 1.90. The number of aliphatic carboxylic acids is 1. The zero-order chi connectivity index (χ0) is 13.1. The van der Waals surface area contributed by atoms with E-state index < -0.39 is 12.0 Å². The standard InChI is InChI=1S/C13H14ClNO3/c14-10-4-2-1-3-9(10)7-11(13(17)18)15-12(16)8-5-6-8/h1-4,8,11H,5-7H2,(H,15,16)(H,17,18)/t11-/m0/s1. The molecule has 0 heterocycles. The van der Waals surface area contributed by atoms with Gasteiger partial charge in [-0.25, -0.2) is 4.79 Å². The Morgan fingerprint density at radius 3 is 2.61 bits per heavy atom. The molecule has 18 heavy (non-hydrogen) atoms. The molecule has 1 aliphatic rings. The molecule has 0 unspecified atom stereocenters. The molecule has 5 heteroatoms. The maximum absolute atomic E-state index is 11.6. The predicted molar refractivity (Wildman–Crippen MR) is 67.4 cm³/mol. The zero-order valence-electron chi connectivity index (χ0n) is 9.73. The van der Waals surface area contributed by atoms with Crippen LogP contribution >= 0.6 is 11.6 Å². The van der Waals surface area contributed by atoms with E-state index in [0.717, 1.165) is 18.4 Å². The molecule has 96 valence electrons. The number of rotatable bonds is 5. The first-order valence-corrected chi connectivity index (χ1v) is 6.22. The molecule has 1 saturated carbocycles. The summed E-state index contributed by atoms with van der Waals surface area (Å²) in [7, 11) is 0. The number of hydrogen-bond acceptors (Lipinski definition) is 2. The number of nitrogens with one attached hydrogen (secondary N) is 1. The monoisotopic (exact) mass is 267 g/mol. The molecule has 0 saturated heterocycles. The Bertz CT molecular complexity index is 471. The summed E-state index contributed by atoms with van der Waals surface area (Å²) in [6, 6.07) is 6.13. The van der Waals surface area contributed by atoms with Gasteiger partial charge in [0.25, 0.3) is 0 Å². The molecule has 0 bridgehead atoms. The molecule has 2 rings (SSSR count). The third-order valence-corrected chi connectivity index (χ3v) is 3.31. The van der Waals surface area contributed by atoms with Crippen LogP contribution < -0.4 is 5.32 Å². The molecule has 4 nitrogen and oxygen atoms in total. The highest BCUT2D eigenvalue weighted by molar-refractivity contribution is 6.31. The molecule has 1 fully saturated rings. The Morgan fingerprint density at radius 2 is 2.06 bits per heavy atom. The van der Waals surface area contributed by atoms with Gasteiger partial charge in [0.1, 0.15) is 6.04 Å². The molecule has 1 aromatic rings. The average molecular weight is 268 g/mol. The number of benzene rings is 1. The van der Waals surface area contributed by atoms with Gasteiger partial charge in [0.2, 0.25) is 5.91 Å². The van der Waals surface area contributed by atoms with Crippen LogP contribution in [0.1, 0.15) is 18.4 Å². The smallest absolute Gasteiger partial charge is 0.326 e. The maximum atomic E-state index is 11.6. The highest BCUT2D eigenvalue weighted by atomic mass is 35.5. The number of amides is 1. The summed E-state index contributed by atoms with van der Waals surface area (Å²) in [5.41, 5.74) is 0.725. The van der Waals surface area contributed by atoms with Gasteiger partial charge in [-0.1, -0.05) is 29.8 Å². The summed E-state index contributed by atoms with van der Waals surface area (Å²) in [4.78, 5) is 22.7. The van der Waals surface area contributed by atoms with Crippen LogP contribution in [-0.2, 0) is 16.0 Å². The van der Waals surface area contributed by atoms with Crippen molar-refractivity contribution in [2.24, 2.45) is 5.92 Å². The van der Waals surface area contributed by atoms with Crippen LogP contribution in [0.4, 0.5) is 0 Å². The minimum Gasteiger partial charge on any atom is -0.480 e. The van der Waals surface area contributed by atoms with E-state index in [9.17, 15) is 9.59 Å². The predicted octanol–water partition coefficient (Wildman–Crippen LogP) is 1.86. The van der Waals surface area contributed by atoms with E-state index in [2.05, 4.69) is 5.32 Å². The van der Waals surface area contributed by atoms with E-state index in [1.165, 1.54) is 0 Å². The normalized spacial score (nSPS) is 16.1. The van der Waals surface area contributed by atoms with Crippen LogP contribution in [0.25, 0.3) is 0 Å². The highest BCUT2D eigenvalue weighted by Gasteiger charge is 2.32. The minimum absolute atomic E-state index is 0.00176. The van der Waals surface area contributed by atoms with Crippen molar-refractivity contribution in [1.82, 2.24) is 5.32 Å². The number of carbonyl (C=O) groups excluding carboxylic acids is 1. The van der Waals surface area contributed by atoms with Crippen molar-refractivity contribution in [3.05, 3.63) is 34.9 Å². The van der Waals surface area contributed by atoms with E-state index in [4.69, 9.17) is 16.7 Å². The summed E-state index contributed by atoms with van der Waals surface area (Å²) in [6.45, 7) is 0. The number of carboxylic acids is 1. The first kappa shape index (κ1) is 12.9. The second-order valence-electron chi connectivity index (χ2n) is 4.47. The summed E-state index contributed by atoms with van der Waals surface area (Å²) in [5, 5.41) is 12.2. The fourth-order valence-electron chi connectivity index (χ4n) is 1.72. The number of halogens is 1. The SMILES string of the molecule is O=C(N[C@@H](Cc1ccccc1Cl)C(=O)O)C1CC1. The van der Waals surface area contributed by atoms with Crippen LogP contribution in [0.15, 0.2) is 24.3 Å². The Labute approximate surface area is 110 Å². The van der Waals surface area contributed by atoms with Crippen LogP contribution in [0.2, 0.25) is 5.02 Å². The Kier molecular flexibility index (Phi) is 3.87. The molecule has 0 aliphatic heterocycles. The van der Waals surface area contributed by atoms with Gasteiger partial charge < -0.3 is 10.4 Å². The Hall–Kier alpha value is -1.55. The van der Waals surface area contributed by atoms with Crippen molar-refractivity contribution in [3.8, 4) is 0 Å². The second kappa shape index (κ2) is 5.40. The number of hydrogen-bond donors (Lipinski definition) is 2. The first-order chi connectivity index (χ1) is 8.58. The van der Waals surface area contributed by atoms with Crippen LogP contribution in [0.5, 0.6) is 0 Å². The maximum Gasteiger partial charge on any atom is 0.326 e. The number of carbonyl (C=O) groups is 2. The van der Waals surface area contributed by atoms with Gasteiger partial charge >= 0.3 is 5.97 Å². The van der Waals surface area contributed by atoms with Gasteiger partial charge in [0.15, 0.2) is 0 Å². The summed E-state index contributed by atoms with van der Waals surface area (Å²) < 4.78 is 0. The molecule has 1 atom stereocenters. The van der Waals surface area contributed by atoms with Crippen molar-refractivity contribution in [2.45, 2.75) is 25.3 Å². The van der Waals surface area contributed by atoms with Gasteiger partial charge in [-0.05, 0) is 24.5 Å². The van der Waals surface area contributed by atoms with Crippen LogP contribution in [0.3, 0.4) is 0 Å². The molecule has 0 aromatic heterocycles. The van der Waals surface area contributed by atoms with Crippen LogP contribution in [0, 0.1) is 5.92 Å². The lowest BCUT2D eigenvalue weighted by Crippen LogP contribution is -2.43. The Morgan fingerprint density at radius 1 is 1.39 bits per heavy atom. The average Bonchev–Trinajstić information content (AvgIpc) is 3.14. The van der Waals surface area contributed by atoms with E-state index in [1.807, 2.05) is 0 Å². The zero-order valence-corrected chi connectivity index (χ0v) is 10.5. The molecule has 1 aliphatic carbocycles. The van der Waals surface area contributed by atoms with Gasteiger partial charge in [0.05, 0.1) is 0 Å². The highest BCUT2D eigenvalue weighted by Crippen LogP contribution is 2.29.